The molecule has 1 unspecified atom stereocenters. The second-order valence-corrected chi connectivity index (χ2v) is 4.41. The number of nitrogens with zero attached hydrogens (tertiary/aromatic N) is 2. The van der Waals surface area contributed by atoms with Crippen LogP contribution in [0.2, 0.25) is 0 Å². The van der Waals surface area contributed by atoms with Gasteiger partial charge in [-0.05, 0) is 36.2 Å². The fraction of sp³-hybridized carbons (Fsp3) is 0.308. The zero-order valence-electron chi connectivity index (χ0n) is 10.5. The Bertz CT molecular complexity index is 536. The van der Waals surface area contributed by atoms with Crippen molar-refractivity contribution < 1.29 is 4.39 Å². The van der Waals surface area contributed by atoms with Crippen LogP contribution in [-0.2, 0) is 13.5 Å². The summed E-state index contributed by atoms with van der Waals surface area (Å²) in [4.78, 5) is 0. The van der Waals surface area contributed by atoms with Gasteiger partial charge in [-0.15, -0.1) is 0 Å². The van der Waals surface area contributed by atoms with Gasteiger partial charge in [-0.3, -0.25) is 16.0 Å². The van der Waals surface area contributed by atoms with E-state index in [0.717, 1.165) is 16.8 Å². The molecule has 1 atom stereocenters. The molecule has 0 bridgehead atoms. The summed E-state index contributed by atoms with van der Waals surface area (Å²) in [6.07, 6.45) is 2.56. The zero-order valence-corrected chi connectivity index (χ0v) is 10.5. The van der Waals surface area contributed by atoms with Crippen LogP contribution in [0.4, 0.5) is 4.39 Å². The first-order chi connectivity index (χ1) is 8.60. The van der Waals surface area contributed by atoms with Crippen LogP contribution in [0.15, 0.2) is 30.5 Å². The molecule has 0 aliphatic carbocycles. The maximum absolute atomic E-state index is 13.1. The van der Waals surface area contributed by atoms with E-state index in [9.17, 15) is 4.39 Å². The maximum atomic E-state index is 13.1. The molecule has 0 fully saturated rings. The average Bonchev–Trinajstić information content (AvgIpc) is 2.72. The smallest absolute Gasteiger partial charge is 0.123 e. The normalized spacial score (nSPS) is 12.7. The lowest BCUT2D eigenvalue weighted by atomic mass is 9.98. The van der Waals surface area contributed by atoms with E-state index in [1.807, 2.05) is 26.2 Å². The Morgan fingerprint density at radius 3 is 2.78 bits per heavy atom. The van der Waals surface area contributed by atoms with E-state index >= 15 is 0 Å². The van der Waals surface area contributed by atoms with Crippen LogP contribution in [0, 0.1) is 12.7 Å². The van der Waals surface area contributed by atoms with Crippen LogP contribution in [0.3, 0.4) is 0 Å². The quantitative estimate of drug-likeness (QED) is 0.638. The van der Waals surface area contributed by atoms with E-state index in [4.69, 9.17) is 5.84 Å². The SMILES string of the molecule is Cc1cc(F)ccc1C(Cc1ccn(C)n1)NN. The number of nitrogens with one attached hydrogen (secondary N) is 1. The molecule has 0 amide bonds. The Morgan fingerprint density at radius 2 is 2.22 bits per heavy atom. The summed E-state index contributed by atoms with van der Waals surface area (Å²) < 4.78 is 14.8. The molecular weight excluding hydrogens is 231 g/mol. The van der Waals surface area contributed by atoms with Crippen molar-refractivity contribution in [1.29, 1.82) is 0 Å². The molecule has 3 N–H and O–H groups in total. The van der Waals surface area contributed by atoms with Gasteiger partial charge in [-0.1, -0.05) is 6.07 Å². The van der Waals surface area contributed by atoms with Crippen molar-refractivity contribution in [3.63, 3.8) is 0 Å². The molecule has 0 aliphatic heterocycles. The van der Waals surface area contributed by atoms with Crippen molar-refractivity contribution >= 4 is 0 Å². The third-order valence-electron chi connectivity index (χ3n) is 2.99. The molecule has 1 heterocycles. The third-order valence-corrected chi connectivity index (χ3v) is 2.99. The molecule has 96 valence electrons. The molecule has 1 aromatic heterocycles. The summed E-state index contributed by atoms with van der Waals surface area (Å²) in [6, 6.07) is 6.60. The minimum absolute atomic E-state index is 0.0690. The first-order valence-electron chi connectivity index (χ1n) is 5.81. The fourth-order valence-corrected chi connectivity index (χ4v) is 2.07. The Balaban J connectivity index is 2.22. The Morgan fingerprint density at radius 1 is 1.44 bits per heavy atom. The van der Waals surface area contributed by atoms with Crippen molar-refractivity contribution in [3.05, 3.63) is 53.1 Å². The highest BCUT2D eigenvalue weighted by Crippen LogP contribution is 2.21. The van der Waals surface area contributed by atoms with E-state index in [0.29, 0.717) is 6.42 Å². The van der Waals surface area contributed by atoms with Crippen LogP contribution in [0.5, 0.6) is 0 Å². The topological polar surface area (TPSA) is 55.9 Å². The molecule has 0 saturated heterocycles. The van der Waals surface area contributed by atoms with Crippen LogP contribution in [0.25, 0.3) is 0 Å². The van der Waals surface area contributed by atoms with Crippen molar-refractivity contribution in [2.75, 3.05) is 0 Å². The molecule has 2 aromatic rings. The fourth-order valence-electron chi connectivity index (χ4n) is 2.07. The van der Waals surface area contributed by atoms with Gasteiger partial charge in [0.2, 0.25) is 0 Å². The highest BCUT2D eigenvalue weighted by atomic mass is 19.1. The van der Waals surface area contributed by atoms with Crippen molar-refractivity contribution in [2.24, 2.45) is 12.9 Å². The molecule has 2 rings (SSSR count). The lowest BCUT2D eigenvalue weighted by molar-refractivity contribution is 0.536. The van der Waals surface area contributed by atoms with Gasteiger partial charge in [0.15, 0.2) is 0 Å². The number of halogens is 1. The summed E-state index contributed by atoms with van der Waals surface area (Å²) in [6.45, 7) is 1.88. The van der Waals surface area contributed by atoms with Gasteiger partial charge in [0.05, 0.1) is 11.7 Å². The number of aryl methyl sites for hydroxylation is 2. The van der Waals surface area contributed by atoms with Crippen molar-refractivity contribution in [1.82, 2.24) is 15.2 Å². The molecular formula is C13H17FN4. The van der Waals surface area contributed by atoms with E-state index in [2.05, 4.69) is 10.5 Å². The highest BCUT2D eigenvalue weighted by molar-refractivity contribution is 5.30. The number of benzene rings is 1. The number of hydrogen-bond donors (Lipinski definition) is 2. The lowest BCUT2D eigenvalue weighted by Crippen LogP contribution is -2.30. The van der Waals surface area contributed by atoms with Crippen molar-refractivity contribution in [2.45, 2.75) is 19.4 Å². The van der Waals surface area contributed by atoms with E-state index in [-0.39, 0.29) is 11.9 Å². The molecule has 0 radical (unpaired) electrons. The van der Waals surface area contributed by atoms with E-state index in [1.54, 1.807) is 10.7 Å². The number of hydrazine groups is 1. The molecule has 18 heavy (non-hydrogen) atoms. The predicted molar refractivity (Wildman–Crippen MR) is 68.1 cm³/mol. The Kier molecular flexibility index (Phi) is 3.74. The summed E-state index contributed by atoms with van der Waals surface area (Å²) in [5.41, 5.74) is 5.59. The first-order valence-corrected chi connectivity index (χ1v) is 5.81. The van der Waals surface area contributed by atoms with Gasteiger partial charge >= 0.3 is 0 Å². The van der Waals surface area contributed by atoms with Crippen LogP contribution < -0.4 is 11.3 Å². The monoisotopic (exact) mass is 248 g/mol. The van der Waals surface area contributed by atoms with E-state index < -0.39 is 0 Å². The van der Waals surface area contributed by atoms with Crippen LogP contribution >= 0.6 is 0 Å². The maximum Gasteiger partial charge on any atom is 0.123 e. The number of rotatable bonds is 4. The van der Waals surface area contributed by atoms with Gasteiger partial charge in [0, 0.05) is 19.7 Å². The number of nitrogens with two attached hydrogens (primary N) is 1. The second kappa shape index (κ2) is 5.29. The molecule has 5 heteroatoms. The van der Waals surface area contributed by atoms with Gasteiger partial charge in [-0.2, -0.15) is 5.10 Å². The zero-order chi connectivity index (χ0) is 13.1. The minimum Gasteiger partial charge on any atom is -0.276 e. The summed E-state index contributed by atoms with van der Waals surface area (Å²) in [5, 5.41) is 4.32. The predicted octanol–water partition coefficient (Wildman–Crippen LogP) is 1.61. The minimum atomic E-state index is -0.232. The molecule has 0 aliphatic rings. The van der Waals surface area contributed by atoms with Gasteiger partial charge in [-0.25, -0.2) is 4.39 Å². The molecule has 1 aromatic carbocycles. The van der Waals surface area contributed by atoms with Gasteiger partial charge in [0.1, 0.15) is 5.82 Å². The lowest BCUT2D eigenvalue weighted by Gasteiger charge is -2.17. The summed E-state index contributed by atoms with van der Waals surface area (Å²) in [5.74, 6) is 5.36. The third kappa shape index (κ3) is 2.75. The summed E-state index contributed by atoms with van der Waals surface area (Å²) >= 11 is 0. The Hall–Kier alpha value is -1.72. The van der Waals surface area contributed by atoms with E-state index in [1.165, 1.54) is 12.1 Å². The van der Waals surface area contributed by atoms with Crippen LogP contribution in [-0.4, -0.2) is 9.78 Å². The van der Waals surface area contributed by atoms with Gasteiger partial charge in [0.25, 0.3) is 0 Å². The average molecular weight is 248 g/mol. The van der Waals surface area contributed by atoms with Crippen molar-refractivity contribution in [3.8, 4) is 0 Å². The molecule has 4 nitrogen and oxygen atoms in total. The summed E-state index contributed by atoms with van der Waals surface area (Å²) in [7, 11) is 1.87. The molecule has 0 spiro atoms. The van der Waals surface area contributed by atoms with Crippen LogP contribution in [0.1, 0.15) is 22.9 Å². The first kappa shape index (κ1) is 12.7. The standard InChI is InChI=1S/C13H17FN4/c1-9-7-10(14)3-4-12(9)13(16-15)8-11-5-6-18(2)17-11/h3-7,13,16H,8,15H2,1-2H3. The highest BCUT2D eigenvalue weighted by Gasteiger charge is 2.14. The molecule has 0 saturated carbocycles. The van der Waals surface area contributed by atoms with Gasteiger partial charge < -0.3 is 0 Å². The Labute approximate surface area is 106 Å². The second-order valence-electron chi connectivity index (χ2n) is 4.41. The number of hydrogen-bond acceptors (Lipinski definition) is 3. The largest absolute Gasteiger partial charge is 0.276 e. The number of aromatic nitrogens is 2.